The maximum absolute atomic E-state index is 11.3. The van der Waals surface area contributed by atoms with Crippen LogP contribution in [0.3, 0.4) is 0 Å². The van der Waals surface area contributed by atoms with Crippen LogP contribution >= 0.6 is 0 Å². The summed E-state index contributed by atoms with van der Waals surface area (Å²) in [6.07, 6.45) is -5.09. The number of aliphatic hydroxyl groups is 4. The van der Waals surface area contributed by atoms with Crippen LogP contribution in [0, 0.1) is 5.92 Å². The zero-order valence-electron chi connectivity index (χ0n) is 19.8. The van der Waals surface area contributed by atoms with E-state index in [2.05, 4.69) is 4.99 Å². The van der Waals surface area contributed by atoms with Gasteiger partial charge >= 0.3 is 0 Å². The van der Waals surface area contributed by atoms with Crippen molar-refractivity contribution in [2.24, 2.45) is 33.8 Å². The summed E-state index contributed by atoms with van der Waals surface area (Å²) in [5.74, 6) is -0.616. The Bertz CT molecular complexity index is 700. The van der Waals surface area contributed by atoms with Gasteiger partial charge in [-0.25, -0.2) is 0 Å². The molecule has 6 unspecified atom stereocenters. The van der Waals surface area contributed by atoms with Crippen molar-refractivity contribution in [3.8, 4) is 0 Å². The van der Waals surface area contributed by atoms with E-state index < -0.39 is 73.2 Å². The lowest BCUT2D eigenvalue weighted by Gasteiger charge is -2.48. The molecule has 0 aromatic heterocycles. The molecule has 12 N–H and O–H groups in total. The average molecular weight is 492 g/mol. The van der Waals surface area contributed by atoms with Gasteiger partial charge < -0.3 is 62.3 Å². The van der Waals surface area contributed by atoms with Crippen LogP contribution in [0.1, 0.15) is 33.1 Å². The lowest BCUT2D eigenvalue weighted by molar-refractivity contribution is -0.312. The number of rotatable bonds is 7. The van der Waals surface area contributed by atoms with Crippen LogP contribution in [-0.4, -0.2) is 113 Å². The molecule has 0 radical (unpaired) electrons. The Hall–Kier alpha value is -0.970. The fraction of sp³-hybridized carbons (Fsp3) is 0.952. The number of hydrogen-bond donors (Lipinski definition) is 8. The van der Waals surface area contributed by atoms with Gasteiger partial charge in [0.15, 0.2) is 12.6 Å². The van der Waals surface area contributed by atoms with Crippen LogP contribution in [-0.2, 0) is 18.9 Å². The quantitative estimate of drug-likeness (QED) is 0.128. The molecule has 2 aliphatic heterocycles. The molecule has 2 saturated heterocycles. The van der Waals surface area contributed by atoms with Gasteiger partial charge in [-0.1, -0.05) is 6.92 Å². The molecule has 3 fully saturated rings. The Labute approximate surface area is 199 Å². The largest absolute Gasteiger partial charge is 0.388 e. The second-order valence-electron chi connectivity index (χ2n) is 9.86. The molecule has 198 valence electrons. The first-order valence-electron chi connectivity index (χ1n) is 11.8. The molecule has 13 nitrogen and oxygen atoms in total. The monoisotopic (exact) mass is 491 g/mol. The number of ether oxygens (including phenoxy) is 4. The first-order chi connectivity index (χ1) is 16.0. The van der Waals surface area contributed by atoms with Crippen molar-refractivity contribution >= 4 is 5.84 Å². The highest BCUT2D eigenvalue weighted by atomic mass is 16.7. The van der Waals surface area contributed by atoms with Crippen LogP contribution in [0.2, 0.25) is 0 Å². The summed E-state index contributed by atoms with van der Waals surface area (Å²) >= 11 is 0. The third-order valence-corrected chi connectivity index (χ3v) is 7.14. The van der Waals surface area contributed by atoms with E-state index in [1.165, 1.54) is 0 Å². The first kappa shape index (κ1) is 27.6. The predicted octanol–water partition coefficient (Wildman–Crippen LogP) is -3.54. The Morgan fingerprint density at radius 1 is 1.09 bits per heavy atom. The topological polar surface area (TPSA) is 234 Å². The van der Waals surface area contributed by atoms with Crippen molar-refractivity contribution in [3.63, 3.8) is 0 Å². The van der Waals surface area contributed by atoms with E-state index >= 15 is 0 Å². The highest BCUT2D eigenvalue weighted by Gasteiger charge is 2.50. The molecule has 1 aliphatic carbocycles. The Morgan fingerprint density at radius 2 is 1.76 bits per heavy atom. The highest BCUT2D eigenvalue weighted by Crippen LogP contribution is 2.34. The van der Waals surface area contributed by atoms with Crippen molar-refractivity contribution < 1.29 is 39.4 Å². The maximum atomic E-state index is 11.3. The molecule has 0 aromatic carbocycles. The number of nitrogens with zero attached hydrogens (tertiary/aromatic N) is 1. The summed E-state index contributed by atoms with van der Waals surface area (Å²) in [6.45, 7) is 3.00. The number of nitrogens with two attached hydrogens (primary N) is 4. The van der Waals surface area contributed by atoms with Crippen LogP contribution in [0.4, 0.5) is 0 Å². The van der Waals surface area contributed by atoms with Gasteiger partial charge in [-0.05, 0) is 26.2 Å². The molecule has 1 saturated carbocycles. The van der Waals surface area contributed by atoms with Crippen LogP contribution in [0.25, 0.3) is 0 Å². The smallest absolute Gasteiger partial charge is 0.184 e. The molecule has 13 heteroatoms. The Kier molecular flexibility index (Phi) is 9.25. The number of aliphatic imine (C=N–C) groups is 1. The van der Waals surface area contributed by atoms with Crippen molar-refractivity contribution in [2.45, 2.75) is 99.9 Å². The Morgan fingerprint density at radius 3 is 2.41 bits per heavy atom. The van der Waals surface area contributed by atoms with Gasteiger partial charge in [0.2, 0.25) is 0 Å². The van der Waals surface area contributed by atoms with E-state index in [0.29, 0.717) is 19.4 Å². The number of aliphatic hydroxyl groups excluding tert-OH is 3. The number of amidine groups is 1. The van der Waals surface area contributed by atoms with Gasteiger partial charge in [0, 0.05) is 18.5 Å². The fourth-order valence-corrected chi connectivity index (χ4v) is 4.64. The van der Waals surface area contributed by atoms with E-state index in [1.54, 1.807) is 13.8 Å². The minimum Gasteiger partial charge on any atom is -0.388 e. The third-order valence-electron chi connectivity index (χ3n) is 7.14. The summed E-state index contributed by atoms with van der Waals surface area (Å²) < 4.78 is 23.5. The molecule has 12 atom stereocenters. The molecule has 0 aromatic rings. The highest BCUT2D eigenvalue weighted by molar-refractivity contribution is 5.81. The molecule has 3 aliphatic rings. The van der Waals surface area contributed by atoms with Crippen molar-refractivity contribution in [1.29, 1.82) is 0 Å². The molecule has 0 bridgehead atoms. The lowest BCUT2D eigenvalue weighted by Crippen LogP contribution is -2.64. The normalized spacial score (nSPS) is 48.6. The third kappa shape index (κ3) is 6.05. The van der Waals surface area contributed by atoms with E-state index in [9.17, 15) is 20.4 Å². The standard InChI is InChI=1S/C21H41N5O8/c1-9-15(28)20(31-8-21(9,2)30)34-18-13(26-14(25)7-27)5-12(24)17(16(18)29)33-19-11(23)4-3-10(6-22)32-19/h9-13,15-20,27-30H,3-8,22-24H2,1-2H3,(H2,25,26)/t9-,10+,11?,12+,13-,15?,16?,17?,18?,19-,20-,21?/m1/s1. The van der Waals surface area contributed by atoms with Crippen LogP contribution < -0.4 is 22.9 Å². The molecule has 3 rings (SSSR count). The fourth-order valence-electron chi connectivity index (χ4n) is 4.64. The maximum Gasteiger partial charge on any atom is 0.184 e. The first-order valence-corrected chi connectivity index (χ1v) is 11.8. The van der Waals surface area contributed by atoms with Gasteiger partial charge in [-0.2, -0.15) is 0 Å². The molecule has 34 heavy (non-hydrogen) atoms. The summed E-state index contributed by atoms with van der Waals surface area (Å²) in [4.78, 5) is 4.26. The SMILES string of the molecule is C[C@@H]1C(O)[C@@H](OC2C(O)C(O[C@H]3O[C@H](CN)CCC3N)[C@@H](N)C[C@H]2N=C(N)CO)OCC1(C)O. The van der Waals surface area contributed by atoms with E-state index in [4.69, 9.17) is 41.9 Å². The van der Waals surface area contributed by atoms with Gasteiger partial charge in [0.1, 0.15) is 36.9 Å². The zero-order chi connectivity index (χ0) is 25.2. The molecular formula is C21H41N5O8. The average Bonchev–Trinajstić information content (AvgIpc) is 2.80. The summed E-state index contributed by atoms with van der Waals surface area (Å²) in [5, 5.41) is 41.7. The van der Waals surface area contributed by atoms with Crippen LogP contribution in [0.15, 0.2) is 4.99 Å². The van der Waals surface area contributed by atoms with E-state index in [-0.39, 0.29) is 25.0 Å². The van der Waals surface area contributed by atoms with E-state index in [0.717, 1.165) is 0 Å². The van der Waals surface area contributed by atoms with Gasteiger partial charge in [-0.15, -0.1) is 0 Å². The zero-order valence-corrected chi connectivity index (χ0v) is 19.8. The summed E-state index contributed by atoms with van der Waals surface area (Å²) in [7, 11) is 0. The van der Waals surface area contributed by atoms with Gasteiger partial charge in [0.05, 0.1) is 30.4 Å². The minimum atomic E-state index is -1.31. The number of hydrogen-bond acceptors (Lipinski definition) is 12. The minimum absolute atomic E-state index is 0.0535. The van der Waals surface area contributed by atoms with Crippen LogP contribution in [0.5, 0.6) is 0 Å². The van der Waals surface area contributed by atoms with E-state index in [1.807, 2.05) is 0 Å². The van der Waals surface area contributed by atoms with Gasteiger partial charge in [-0.3, -0.25) is 4.99 Å². The van der Waals surface area contributed by atoms with Gasteiger partial charge in [0.25, 0.3) is 0 Å². The summed E-state index contributed by atoms with van der Waals surface area (Å²) in [5.41, 5.74) is 22.7. The molecule has 0 spiro atoms. The molecule has 0 amide bonds. The second kappa shape index (κ2) is 11.4. The Balaban J connectivity index is 1.80. The predicted molar refractivity (Wildman–Crippen MR) is 121 cm³/mol. The molecule has 2 heterocycles. The lowest BCUT2D eigenvalue weighted by atomic mass is 9.83. The second-order valence-corrected chi connectivity index (χ2v) is 9.86. The molecular weight excluding hydrogens is 450 g/mol. The summed E-state index contributed by atoms with van der Waals surface area (Å²) in [6, 6.07) is -1.85. The van der Waals surface area contributed by atoms with Crippen molar-refractivity contribution in [1.82, 2.24) is 0 Å². The van der Waals surface area contributed by atoms with Crippen molar-refractivity contribution in [2.75, 3.05) is 19.8 Å². The van der Waals surface area contributed by atoms with Crippen molar-refractivity contribution in [3.05, 3.63) is 0 Å².